The first-order valence-electron chi connectivity index (χ1n) is 19.2. The van der Waals surface area contributed by atoms with Gasteiger partial charge in [-0.1, -0.05) is 46.4 Å². The number of halogens is 10. The summed E-state index contributed by atoms with van der Waals surface area (Å²) in [5, 5.41) is 24.7. The minimum Gasteiger partial charge on any atom is -0.324 e. The van der Waals surface area contributed by atoms with Gasteiger partial charge in [0.15, 0.2) is 11.6 Å². The number of alkyl halides is 6. The lowest BCUT2D eigenvalue weighted by molar-refractivity contribution is -0.138. The lowest BCUT2D eigenvalue weighted by Crippen LogP contribution is -2.33. The Morgan fingerprint density at radius 1 is 0.515 bits per heavy atom. The van der Waals surface area contributed by atoms with E-state index in [0.717, 1.165) is 38.1 Å². The van der Waals surface area contributed by atoms with Gasteiger partial charge in [-0.25, -0.2) is 0 Å². The van der Waals surface area contributed by atoms with Crippen LogP contribution in [0.1, 0.15) is 56.8 Å². The van der Waals surface area contributed by atoms with E-state index < -0.39 is 70.8 Å². The van der Waals surface area contributed by atoms with Crippen LogP contribution in [0, 0.1) is 13.8 Å². The van der Waals surface area contributed by atoms with Crippen LogP contribution in [0.25, 0.3) is 0 Å². The largest absolute Gasteiger partial charge is 0.416 e. The molecule has 24 heteroatoms. The fraction of sp³-hybridized carbons (Fsp3) is 0.182. The van der Waals surface area contributed by atoms with Gasteiger partial charge >= 0.3 is 12.4 Å². The number of hydrogen-bond donors (Lipinski definition) is 4. The molecule has 5 rings (SSSR count). The second kappa shape index (κ2) is 21.5. The third kappa shape index (κ3) is 13.7. The van der Waals surface area contributed by atoms with Gasteiger partial charge in [-0.05, 0) is 124 Å². The minimum absolute atomic E-state index is 0.0169. The van der Waals surface area contributed by atoms with Gasteiger partial charge in [-0.15, -0.1) is 0 Å². The summed E-state index contributed by atoms with van der Waals surface area (Å²) in [4.78, 5) is 77.9. The van der Waals surface area contributed by atoms with Crippen LogP contribution in [0.15, 0.2) is 105 Å². The summed E-state index contributed by atoms with van der Waals surface area (Å²) in [5.41, 5.74) is -1.52. The topological polar surface area (TPSA) is 200 Å². The molecule has 0 saturated heterocycles. The molecule has 0 bridgehead atoms. The Morgan fingerprint density at radius 3 is 1.25 bits per heavy atom. The first kappa shape index (κ1) is 52.2. The Bertz CT molecular complexity index is 2910. The number of aryl methyl sites for hydroxylation is 2. The maximum absolute atomic E-state index is 13.4. The normalized spacial score (nSPS) is 12.7. The summed E-state index contributed by atoms with van der Waals surface area (Å²) in [6.07, 6.45) is -9.33. The number of azo groups is 2. The summed E-state index contributed by atoms with van der Waals surface area (Å²) in [6, 6.07) is 11.5. The highest BCUT2D eigenvalue weighted by molar-refractivity contribution is 6.35. The first-order valence-corrected chi connectivity index (χ1v) is 20.7. The van der Waals surface area contributed by atoms with Gasteiger partial charge in [0, 0.05) is 32.5 Å². The highest BCUT2D eigenvalue weighted by atomic mass is 35.5. The van der Waals surface area contributed by atoms with Gasteiger partial charge in [0.2, 0.25) is 12.1 Å². The maximum Gasteiger partial charge on any atom is 0.416 e. The van der Waals surface area contributed by atoms with Crippen LogP contribution in [0.5, 0.6) is 0 Å². The van der Waals surface area contributed by atoms with Crippen molar-refractivity contribution in [1.29, 1.82) is 0 Å². The average Bonchev–Trinajstić information content (AvgIpc) is 3.22. The number of amides is 4. The molecule has 2 unspecified atom stereocenters. The van der Waals surface area contributed by atoms with Crippen molar-refractivity contribution in [1.82, 2.24) is 0 Å². The highest BCUT2D eigenvalue weighted by Gasteiger charge is 2.32. The number of anilines is 4. The van der Waals surface area contributed by atoms with E-state index in [-0.39, 0.29) is 65.3 Å². The van der Waals surface area contributed by atoms with E-state index in [1.807, 2.05) is 0 Å². The van der Waals surface area contributed by atoms with Gasteiger partial charge in [0.1, 0.15) is 0 Å². The van der Waals surface area contributed by atoms with Crippen LogP contribution >= 0.6 is 46.4 Å². The third-order valence-corrected chi connectivity index (χ3v) is 10.3. The molecule has 4 N–H and O–H groups in total. The van der Waals surface area contributed by atoms with Gasteiger partial charge < -0.3 is 21.3 Å². The third-order valence-electron chi connectivity index (χ3n) is 9.27. The van der Waals surface area contributed by atoms with Gasteiger partial charge in [-0.2, -0.15) is 46.8 Å². The van der Waals surface area contributed by atoms with E-state index in [1.54, 1.807) is 13.8 Å². The number of rotatable bonds is 14. The average molecular weight is 1020 g/mol. The number of hydrogen-bond acceptors (Lipinski definition) is 10. The lowest BCUT2D eigenvalue weighted by Gasteiger charge is -2.17. The fourth-order valence-corrected chi connectivity index (χ4v) is 6.94. The van der Waals surface area contributed by atoms with Crippen molar-refractivity contribution >= 4 is 116 Å². The van der Waals surface area contributed by atoms with E-state index in [0.29, 0.717) is 23.3 Å². The van der Waals surface area contributed by atoms with E-state index in [1.165, 1.54) is 48.5 Å². The zero-order valence-corrected chi connectivity index (χ0v) is 38.3. The molecule has 2 atom stereocenters. The van der Waals surface area contributed by atoms with Crippen LogP contribution in [0.3, 0.4) is 0 Å². The first-order chi connectivity index (χ1) is 31.7. The van der Waals surface area contributed by atoms with Crippen molar-refractivity contribution in [2.45, 2.75) is 52.1 Å². The van der Waals surface area contributed by atoms with Gasteiger partial charge in [-0.3, -0.25) is 28.8 Å². The molecule has 0 radical (unpaired) electrons. The molecule has 5 aromatic rings. The predicted octanol–water partition coefficient (Wildman–Crippen LogP) is 12.8. The molecule has 0 aliphatic heterocycles. The zero-order chi connectivity index (χ0) is 50.4. The molecule has 0 spiro atoms. The van der Waals surface area contributed by atoms with Crippen molar-refractivity contribution in [3.63, 3.8) is 0 Å². The summed E-state index contributed by atoms with van der Waals surface area (Å²) in [5.74, 6) is -4.95. The number of ketones is 2. The minimum atomic E-state index is -4.66. The molecular weight excluding hydrogens is 992 g/mol. The van der Waals surface area contributed by atoms with Crippen LogP contribution < -0.4 is 21.3 Å². The van der Waals surface area contributed by atoms with Gasteiger partial charge in [0.25, 0.3) is 23.6 Å². The zero-order valence-electron chi connectivity index (χ0n) is 35.3. The molecule has 0 aromatic heterocycles. The Kier molecular flexibility index (Phi) is 16.5. The van der Waals surface area contributed by atoms with E-state index in [4.69, 9.17) is 46.4 Å². The van der Waals surface area contributed by atoms with E-state index >= 15 is 0 Å². The number of benzene rings is 5. The predicted molar refractivity (Wildman–Crippen MR) is 243 cm³/mol. The quantitative estimate of drug-likeness (QED) is 0.0484. The molecule has 5 aromatic carbocycles. The molecule has 354 valence electrons. The summed E-state index contributed by atoms with van der Waals surface area (Å²) in [6.45, 7) is 5.30. The molecule has 0 aliphatic carbocycles. The number of Topliss-reactive ketones (excluding diaryl/α,β-unsaturated/α-hetero) is 2. The SMILES string of the molecule is CC(=O)C(N=Nc1cc(Cl)cc(C(=O)Nc2ccc(C(F)(F)F)cc2Cl)c1)C(=O)Nc1cc(C)c(NC(=O)C(N=Nc2cc(Cl)cc(C(=O)Nc3ccc(C(F)(F)F)cc3Cl)c2)C(C)=O)c(C)c1. The smallest absolute Gasteiger partial charge is 0.324 e. The maximum atomic E-state index is 13.4. The fourth-order valence-electron chi connectivity index (χ4n) is 6.02. The molecule has 4 amide bonds. The van der Waals surface area contributed by atoms with E-state index in [9.17, 15) is 55.1 Å². The van der Waals surface area contributed by atoms with E-state index in [2.05, 4.69) is 41.7 Å². The number of nitrogens with zero attached hydrogens (tertiary/aromatic N) is 4. The summed E-state index contributed by atoms with van der Waals surface area (Å²) < 4.78 is 78.3. The van der Waals surface area contributed by atoms with Crippen LogP contribution in [-0.2, 0) is 31.5 Å². The summed E-state index contributed by atoms with van der Waals surface area (Å²) >= 11 is 24.3. The Hall–Kier alpha value is -6.74. The Morgan fingerprint density at radius 2 is 0.897 bits per heavy atom. The monoisotopic (exact) mass is 1020 g/mol. The standard InChI is InChI=1S/C44H32Cl4F6N8O6/c1-19-9-29(55-41(67)37(21(3)63)61-59-30-13-23(11-27(45)17-30)39(65)56-34-7-5-25(15-32(34)47)43(49,50)51)10-20(2)36(19)58-42(68)38(22(4)64)62-60-31-14-24(12-28(46)18-31)40(66)57-35-8-6-26(16-33(35)48)44(52,53)54/h5-18,37-38H,1-4H3,(H,55,67)(H,56,65)(H,57,66)(H,58,68). The van der Waals surface area contributed by atoms with Crippen LogP contribution in [0.2, 0.25) is 20.1 Å². The van der Waals surface area contributed by atoms with Crippen molar-refractivity contribution in [3.05, 3.63) is 138 Å². The molecule has 68 heavy (non-hydrogen) atoms. The molecule has 0 fully saturated rings. The second-order valence-electron chi connectivity index (χ2n) is 14.6. The molecule has 0 heterocycles. The van der Waals surface area contributed by atoms with Crippen molar-refractivity contribution in [2.75, 3.05) is 21.3 Å². The molecule has 14 nitrogen and oxygen atoms in total. The number of carbonyl (C=O) groups is 6. The number of carbonyl (C=O) groups excluding carboxylic acids is 6. The Balaban J connectivity index is 1.26. The number of nitrogens with one attached hydrogen (secondary N) is 4. The second-order valence-corrected chi connectivity index (χ2v) is 16.3. The van der Waals surface area contributed by atoms with Crippen LogP contribution in [0.4, 0.5) is 60.5 Å². The van der Waals surface area contributed by atoms with Crippen molar-refractivity contribution in [2.24, 2.45) is 20.5 Å². The molecule has 0 aliphatic rings. The van der Waals surface area contributed by atoms with Gasteiger partial charge in [0.05, 0.1) is 43.9 Å². The Labute approximate surface area is 401 Å². The lowest BCUT2D eigenvalue weighted by atomic mass is 10.1. The molecule has 0 saturated carbocycles. The van der Waals surface area contributed by atoms with Crippen molar-refractivity contribution < 1.29 is 55.1 Å². The highest BCUT2D eigenvalue weighted by Crippen LogP contribution is 2.36. The molecular formula is C44H32Cl4F6N8O6. The van der Waals surface area contributed by atoms with Crippen LogP contribution in [-0.4, -0.2) is 47.3 Å². The van der Waals surface area contributed by atoms with Crippen molar-refractivity contribution in [3.8, 4) is 0 Å². The summed E-state index contributed by atoms with van der Waals surface area (Å²) in [7, 11) is 0.